The first-order valence-corrected chi connectivity index (χ1v) is 33.4. The summed E-state index contributed by atoms with van der Waals surface area (Å²) in [6.45, 7) is 64.4. The van der Waals surface area contributed by atoms with Crippen LogP contribution in [-0.2, 0) is 48.7 Å². The van der Waals surface area contributed by atoms with Gasteiger partial charge >= 0.3 is 0 Å². The fraction of sp³-hybridized carbons (Fsp3) is 0.480. The predicted molar refractivity (Wildman–Crippen MR) is 368 cm³/mol. The molecule has 0 unspecified atom stereocenters. The van der Waals surface area contributed by atoms with Gasteiger partial charge in [-0.2, -0.15) is 0 Å². The molecule has 422 valence electrons. The van der Waals surface area contributed by atoms with Gasteiger partial charge in [0.15, 0.2) is 0 Å². The number of benzene rings is 6. The monoisotopic (exact) mass is 1130 g/mol. The van der Waals surface area contributed by atoms with E-state index >= 15 is 0 Å². The first-order valence-electron chi connectivity index (χ1n) is 29.2. The van der Waals surface area contributed by atoms with Crippen LogP contribution in [0.2, 0.25) is 0 Å². The lowest BCUT2D eigenvalue weighted by molar-refractivity contribution is 0.553. The highest BCUT2D eigenvalue weighted by molar-refractivity contribution is 7.80. The van der Waals surface area contributed by atoms with E-state index in [0.29, 0.717) is 0 Å². The topological polar surface area (TPSA) is 0 Å². The third-order valence-electron chi connectivity index (χ3n) is 15.3. The molecule has 0 aliphatic carbocycles. The molecule has 0 atom stereocenters. The van der Waals surface area contributed by atoms with Crippen molar-refractivity contribution in [2.75, 3.05) is 0 Å². The Labute approximate surface area is 490 Å². The van der Waals surface area contributed by atoms with Gasteiger partial charge in [0.05, 0.1) is 0 Å². The van der Waals surface area contributed by atoms with Gasteiger partial charge in [0, 0.05) is 15.9 Å². The van der Waals surface area contributed by atoms with Gasteiger partial charge in [0.2, 0.25) is 0 Å². The summed E-state index contributed by atoms with van der Waals surface area (Å²) in [5.74, 6) is 7.67. The maximum atomic E-state index is 2.56. The van der Waals surface area contributed by atoms with Crippen molar-refractivity contribution in [3.63, 3.8) is 0 Å². The van der Waals surface area contributed by atoms with Crippen LogP contribution in [0, 0.1) is 0 Å². The molecule has 0 N–H and O–H groups in total. The predicted octanol–water partition coefficient (Wildman–Crippen LogP) is 19.4. The van der Waals surface area contributed by atoms with Crippen LogP contribution >= 0.6 is 32.5 Å². The van der Waals surface area contributed by atoms with Crippen molar-refractivity contribution in [2.24, 2.45) is 0 Å². The molecule has 6 aromatic carbocycles. The number of rotatable bonds is 9. The van der Waals surface area contributed by atoms with Crippen LogP contribution < -0.4 is 31.8 Å². The zero-order valence-corrected chi connectivity index (χ0v) is 58.0. The summed E-state index contributed by atoms with van der Waals surface area (Å²) < 4.78 is 0. The Bertz CT molecular complexity index is 2800. The summed E-state index contributed by atoms with van der Waals surface area (Å²) in [6, 6.07) is 43.4. The third-order valence-corrected chi connectivity index (χ3v) is 21.4. The Balaban J connectivity index is 1.72. The lowest BCUT2D eigenvalue weighted by Gasteiger charge is -2.32. The lowest BCUT2D eigenvalue weighted by atomic mass is 9.75. The molecule has 0 bridgehead atoms. The van der Waals surface area contributed by atoms with Gasteiger partial charge in [0.25, 0.3) is 0 Å². The molecular weight excluding hydrogens is 1020 g/mol. The van der Waals surface area contributed by atoms with Gasteiger partial charge in [-0.05, 0) is 157 Å². The average molecular weight is 1130 g/mol. The van der Waals surface area contributed by atoms with Crippen LogP contribution in [0.1, 0.15) is 254 Å². The summed E-state index contributed by atoms with van der Waals surface area (Å²) in [7, 11) is 2.54. The highest BCUT2D eigenvalue weighted by atomic mass is 31.1. The van der Waals surface area contributed by atoms with Gasteiger partial charge < -0.3 is 0 Å². The molecule has 0 fully saturated rings. The van der Waals surface area contributed by atoms with Crippen LogP contribution in [0.3, 0.4) is 0 Å². The molecule has 0 nitrogen and oxygen atoms in total. The van der Waals surface area contributed by atoms with E-state index in [4.69, 9.17) is 0 Å². The Morgan fingerprint density at radius 2 is 0.430 bits per heavy atom. The van der Waals surface area contributed by atoms with E-state index in [1.165, 1.54) is 123 Å². The molecule has 0 amide bonds. The van der Waals surface area contributed by atoms with Gasteiger partial charge in [0.1, 0.15) is 0 Å². The molecule has 0 spiro atoms. The lowest BCUT2D eigenvalue weighted by Crippen LogP contribution is -2.30. The largest absolute Gasteiger partial charge is 0.0672 e. The van der Waals surface area contributed by atoms with Gasteiger partial charge in [-0.1, -0.05) is 321 Å². The quantitative estimate of drug-likeness (QED) is 0.127. The van der Waals surface area contributed by atoms with Crippen LogP contribution in [0.25, 0.3) is 0 Å². The Morgan fingerprint density at radius 1 is 0.253 bits per heavy atom. The fourth-order valence-corrected chi connectivity index (χ4v) is 17.9. The van der Waals surface area contributed by atoms with E-state index in [1.54, 1.807) is 0 Å². The second-order valence-electron chi connectivity index (χ2n) is 31.8. The smallest absolute Gasteiger partial charge is 0.00929 e. The number of hydrogen-bond donors (Lipinski definition) is 0. The second kappa shape index (κ2) is 23.1. The summed E-state index contributed by atoms with van der Waals surface area (Å²) in [6.07, 6.45) is 0. The van der Waals surface area contributed by atoms with E-state index in [9.17, 15) is 0 Å². The average Bonchev–Trinajstić information content (AvgIpc) is 3.29. The van der Waals surface area contributed by atoms with Crippen molar-refractivity contribution in [1.82, 2.24) is 0 Å². The molecule has 0 saturated carbocycles. The van der Waals surface area contributed by atoms with E-state index in [2.05, 4.69) is 314 Å². The Hall–Kier alpha value is -3.74. The summed E-state index contributed by atoms with van der Waals surface area (Å²) in [4.78, 5) is 0. The molecule has 6 aromatic rings. The van der Waals surface area contributed by atoms with Crippen molar-refractivity contribution in [2.45, 2.75) is 236 Å². The molecule has 0 radical (unpaired) electrons. The maximum Gasteiger partial charge on any atom is 0.00929 e. The molecule has 6 rings (SSSR count). The molecular formula is C75H102P4. The van der Waals surface area contributed by atoms with Crippen molar-refractivity contribution in [1.29, 1.82) is 0 Å². The van der Waals surface area contributed by atoms with E-state index in [-0.39, 0.29) is 48.7 Å². The van der Waals surface area contributed by atoms with Crippen molar-refractivity contribution in [3.05, 3.63) is 176 Å². The molecule has 4 heteroatoms. The highest BCUT2D eigenvalue weighted by Gasteiger charge is 2.33. The van der Waals surface area contributed by atoms with E-state index in [0.717, 1.165) is 0 Å². The maximum absolute atomic E-state index is 2.56. The first kappa shape index (κ1) is 64.4. The highest BCUT2D eigenvalue weighted by Crippen LogP contribution is 2.41. The van der Waals surface area contributed by atoms with Crippen LogP contribution in [0.4, 0.5) is 0 Å². The van der Waals surface area contributed by atoms with Crippen LogP contribution in [0.5, 0.6) is 0 Å². The first-order chi connectivity index (χ1) is 35.9. The van der Waals surface area contributed by atoms with E-state index < -0.39 is 7.92 Å². The SMILES string of the molecule is CC(C)(C)c1cc(C(C)(C)C)c(P=Cc2ccccc2P(c2ccccc2C=Pc2c(C(C)(C)C)cc(C(C)(C)C)cc2C(C)(C)C)c2ccccc2C=Pc2c(C(C)(C)C)cc(C(C)(C)C)cc2C(C)(C)C)c(C(C)(C)C)c1. The zero-order chi connectivity index (χ0) is 59.4. The van der Waals surface area contributed by atoms with Crippen molar-refractivity contribution >= 4 is 81.8 Å². The standard InChI is InChI=1S/C75H102P4/c1-67(2,3)52-40-55(70(10,11)12)64(56(41-52)71(13,14)15)76-46-49-34-28-31-37-61(49)79(62-38-32-29-35-50(62)47-77-65-57(72(16,17)18)42-53(68(4,5)6)43-58(65)73(19,20)21)63-39-33-30-36-51(63)48-78-66-59(74(22,23)24)44-54(69(7,8)9)45-60(66)75(25,26)27/h28-48H,1-27H3. The zero-order valence-electron chi connectivity index (χ0n) is 54.4. The molecule has 0 saturated heterocycles. The van der Waals surface area contributed by atoms with Crippen molar-refractivity contribution in [3.8, 4) is 0 Å². The third kappa shape index (κ3) is 15.5. The Morgan fingerprint density at radius 3 is 0.595 bits per heavy atom. The minimum absolute atomic E-state index is 0.0340. The minimum Gasteiger partial charge on any atom is -0.0672 e. The molecule has 0 aliphatic heterocycles. The normalized spacial score (nSPS) is 14.3. The number of hydrogen-bond acceptors (Lipinski definition) is 0. The van der Waals surface area contributed by atoms with Gasteiger partial charge in [-0.3, -0.25) is 0 Å². The van der Waals surface area contributed by atoms with Crippen LogP contribution in [0.15, 0.2) is 109 Å². The second-order valence-corrected chi connectivity index (χ2v) is 36.8. The van der Waals surface area contributed by atoms with Crippen LogP contribution in [-0.4, -0.2) is 17.4 Å². The summed E-state index contributed by atoms with van der Waals surface area (Å²) in [5, 5.41) is 8.49. The fourth-order valence-electron chi connectivity index (χ4n) is 10.2. The molecule has 79 heavy (non-hydrogen) atoms. The Kier molecular flexibility index (Phi) is 18.9. The summed E-state index contributed by atoms with van der Waals surface area (Å²) in [5.41, 5.74) is 16.7. The van der Waals surface area contributed by atoms with Crippen molar-refractivity contribution < 1.29 is 0 Å². The van der Waals surface area contributed by atoms with E-state index in [1.807, 2.05) is 0 Å². The van der Waals surface area contributed by atoms with Gasteiger partial charge in [-0.15, -0.1) is 0 Å². The molecule has 0 aromatic heterocycles. The summed E-state index contributed by atoms with van der Waals surface area (Å²) >= 11 is 0. The minimum atomic E-state index is -1.10. The molecule has 0 aliphatic rings. The van der Waals surface area contributed by atoms with Gasteiger partial charge in [-0.25, -0.2) is 0 Å². The molecule has 0 heterocycles.